The first-order chi connectivity index (χ1) is 8.55. The maximum absolute atomic E-state index is 12.7. The summed E-state index contributed by atoms with van der Waals surface area (Å²) >= 11 is 0. The molecule has 0 spiro atoms. The second kappa shape index (κ2) is 5.88. The van der Waals surface area contributed by atoms with Gasteiger partial charge in [-0.25, -0.2) is 8.42 Å². The summed E-state index contributed by atoms with van der Waals surface area (Å²) in [4.78, 5) is 0. The first kappa shape index (κ1) is 14.3. The molecule has 0 amide bonds. The number of hydrogen-bond acceptors (Lipinski definition) is 3. The maximum atomic E-state index is 12.7. The van der Waals surface area contributed by atoms with Crippen molar-refractivity contribution in [1.29, 1.82) is 0 Å². The molecular weight excluding hydrogens is 248 g/mol. The second-order valence-corrected chi connectivity index (χ2v) is 8.07. The third kappa shape index (κ3) is 2.89. The first-order valence-corrected chi connectivity index (χ1v) is 8.76. The van der Waals surface area contributed by atoms with E-state index in [4.69, 9.17) is 5.73 Å². The summed E-state index contributed by atoms with van der Waals surface area (Å²) in [7, 11) is -3.10. The van der Waals surface area contributed by atoms with Crippen LogP contribution in [0.2, 0.25) is 0 Å². The van der Waals surface area contributed by atoms with Crippen LogP contribution in [0.25, 0.3) is 0 Å². The lowest BCUT2D eigenvalue weighted by Crippen LogP contribution is -2.50. The number of sulfonamides is 1. The molecule has 0 aromatic carbocycles. The van der Waals surface area contributed by atoms with Crippen LogP contribution in [0.15, 0.2) is 0 Å². The third-order valence-corrected chi connectivity index (χ3v) is 7.03. The molecule has 2 atom stereocenters. The van der Waals surface area contributed by atoms with Crippen molar-refractivity contribution >= 4 is 10.0 Å². The highest BCUT2D eigenvalue weighted by atomic mass is 32.2. The van der Waals surface area contributed by atoms with Crippen LogP contribution in [0.4, 0.5) is 0 Å². The molecule has 0 radical (unpaired) electrons. The summed E-state index contributed by atoms with van der Waals surface area (Å²) in [5.74, 6) is 0.347. The van der Waals surface area contributed by atoms with Crippen LogP contribution in [-0.4, -0.2) is 37.1 Å². The standard InChI is InChI=1S/C13H26N2O2S/c1-11-7-8-12(9-14)10-15(11)18(16,17)13-5-3-2-4-6-13/h11-13H,2-10,14H2,1H3. The van der Waals surface area contributed by atoms with E-state index in [1.165, 1.54) is 6.42 Å². The van der Waals surface area contributed by atoms with E-state index in [0.29, 0.717) is 19.0 Å². The van der Waals surface area contributed by atoms with Gasteiger partial charge in [-0.3, -0.25) is 0 Å². The molecule has 0 aromatic rings. The maximum Gasteiger partial charge on any atom is 0.217 e. The lowest BCUT2D eigenvalue weighted by Gasteiger charge is -2.39. The zero-order valence-corrected chi connectivity index (χ0v) is 12.2. The summed E-state index contributed by atoms with van der Waals surface area (Å²) in [5, 5.41) is -0.134. The Morgan fingerprint density at radius 1 is 1.11 bits per heavy atom. The van der Waals surface area contributed by atoms with Crippen LogP contribution in [0.1, 0.15) is 51.9 Å². The minimum atomic E-state index is -3.10. The first-order valence-electron chi connectivity index (χ1n) is 7.26. The molecule has 2 N–H and O–H groups in total. The summed E-state index contributed by atoms with van der Waals surface area (Å²) < 4.78 is 27.1. The smallest absolute Gasteiger partial charge is 0.217 e. The lowest BCUT2D eigenvalue weighted by atomic mass is 9.96. The Kier molecular flexibility index (Phi) is 4.67. The molecule has 1 saturated heterocycles. The molecule has 0 bridgehead atoms. The molecular formula is C13H26N2O2S. The van der Waals surface area contributed by atoms with Gasteiger partial charge < -0.3 is 5.73 Å². The van der Waals surface area contributed by atoms with Crippen LogP contribution < -0.4 is 5.73 Å². The fraction of sp³-hybridized carbons (Fsp3) is 1.00. The molecule has 1 heterocycles. The Hall–Kier alpha value is -0.130. The van der Waals surface area contributed by atoms with Crippen molar-refractivity contribution in [2.75, 3.05) is 13.1 Å². The van der Waals surface area contributed by atoms with Crippen LogP contribution in [0.5, 0.6) is 0 Å². The van der Waals surface area contributed by atoms with Gasteiger partial charge in [0.2, 0.25) is 10.0 Å². The van der Waals surface area contributed by atoms with Crippen molar-refractivity contribution in [2.45, 2.75) is 63.2 Å². The van der Waals surface area contributed by atoms with Crippen molar-refractivity contribution in [1.82, 2.24) is 4.31 Å². The number of hydrogen-bond donors (Lipinski definition) is 1. The van der Waals surface area contributed by atoms with E-state index in [0.717, 1.165) is 38.5 Å². The zero-order chi connectivity index (χ0) is 13.2. The quantitative estimate of drug-likeness (QED) is 0.852. The predicted octanol–water partition coefficient (Wildman–Crippen LogP) is 1.71. The molecule has 5 heteroatoms. The minimum absolute atomic E-state index is 0.134. The van der Waals surface area contributed by atoms with Gasteiger partial charge in [-0.2, -0.15) is 4.31 Å². The second-order valence-electron chi connectivity index (χ2n) is 5.90. The van der Waals surface area contributed by atoms with Crippen molar-refractivity contribution in [2.24, 2.45) is 11.7 Å². The Labute approximate surface area is 111 Å². The summed E-state index contributed by atoms with van der Waals surface area (Å²) in [6.07, 6.45) is 7.02. The Morgan fingerprint density at radius 2 is 1.78 bits per heavy atom. The highest BCUT2D eigenvalue weighted by Gasteiger charge is 2.38. The topological polar surface area (TPSA) is 63.4 Å². The third-order valence-electron chi connectivity index (χ3n) is 4.56. The van der Waals surface area contributed by atoms with Crippen LogP contribution in [0, 0.1) is 5.92 Å². The largest absolute Gasteiger partial charge is 0.330 e. The van der Waals surface area contributed by atoms with Crippen molar-refractivity contribution in [3.05, 3.63) is 0 Å². The van der Waals surface area contributed by atoms with Gasteiger partial charge in [0.05, 0.1) is 5.25 Å². The Balaban J connectivity index is 2.11. The Bertz CT molecular complexity index is 363. The molecule has 1 aliphatic heterocycles. The van der Waals surface area contributed by atoms with Crippen LogP contribution in [0.3, 0.4) is 0 Å². The van der Waals surface area contributed by atoms with Gasteiger partial charge in [0.25, 0.3) is 0 Å². The highest BCUT2D eigenvalue weighted by molar-refractivity contribution is 7.89. The normalized spacial score (nSPS) is 32.6. The van der Waals surface area contributed by atoms with Gasteiger partial charge in [0, 0.05) is 12.6 Å². The van der Waals surface area contributed by atoms with E-state index in [2.05, 4.69) is 0 Å². The zero-order valence-electron chi connectivity index (χ0n) is 11.3. The fourth-order valence-corrected chi connectivity index (χ4v) is 5.59. The number of nitrogens with two attached hydrogens (primary N) is 1. The van der Waals surface area contributed by atoms with E-state index in [1.54, 1.807) is 4.31 Å². The van der Waals surface area contributed by atoms with Crippen LogP contribution in [-0.2, 0) is 10.0 Å². The molecule has 4 nitrogen and oxygen atoms in total. The van der Waals surface area contributed by atoms with Crippen molar-refractivity contribution in [3.8, 4) is 0 Å². The van der Waals surface area contributed by atoms with E-state index in [9.17, 15) is 8.42 Å². The molecule has 2 aliphatic rings. The van der Waals surface area contributed by atoms with E-state index >= 15 is 0 Å². The summed E-state index contributed by atoms with van der Waals surface area (Å²) in [6, 6.07) is 0.153. The predicted molar refractivity (Wildman–Crippen MR) is 73.7 cm³/mol. The van der Waals surface area contributed by atoms with E-state index in [-0.39, 0.29) is 11.3 Å². The fourth-order valence-electron chi connectivity index (χ4n) is 3.25. The Morgan fingerprint density at radius 3 is 2.39 bits per heavy atom. The summed E-state index contributed by atoms with van der Waals surface area (Å²) in [5.41, 5.74) is 5.71. The van der Waals surface area contributed by atoms with E-state index in [1.807, 2.05) is 6.92 Å². The molecule has 0 aromatic heterocycles. The SMILES string of the molecule is CC1CCC(CN)CN1S(=O)(=O)C1CCCCC1. The molecule has 106 valence electrons. The van der Waals surface area contributed by atoms with Gasteiger partial charge in [-0.05, 0) is 45.1 Å². The van der Waals surface area contributed by atoms with Gasteiger partial charge in [0.1, 0.15) is 0 Å². The van der Waals surface area contributed by atoms with E-state index < -0.39 is 10.0 Å². The average molecular weight is 274 g/mol. The van der Waals surface area contributed by atoms with Crippen LogP contribution >= 0.6 is 0 Å². The molecule has 2 fully saturated rings. The van der Waals surface area contributed by atoms with Crippen molar-refractivity contribution in [3.63, 3.8) is 0 Å². The minimum Gasteiger partial charge on any atom is -0.330 e. The molecule has 1 aliphatic carbocycles. The van der Waals surface area contributed by atoms with Crippen molar-refractivity contribution < 1.29 is 8.42 Å². The molecule has 2 rings (SSSR count). The average Bonchev–Trinajstić information content (AvgIpc) is 2.40. The molecule has 1 saturated carbocycles. The highest BCUT2D eigenvalue weighted by Crippen LogP contribution is 2.31. The summed E-state index contributed by atoms with van der Waals surface area (Å²) in [6.45, 7) is 3.27. The monoisotopic (exact) mass is 274 g/mol. The lowest BCUT2D eigenvalue weighted by molar-refractivity contribution is 0.207. The number of nitrogens with zero attached hydrogens (tertiary/aromatic N) is 1. The van der Waals surface area contributed by atoms with Gasteiger partial charge in [-0.15, -0.1) is 0 Å². The molecule has 2 unspecified atom stereocenters. The number of piperidine rings is 1. The van der Waals surface area contributed by atoms with Gasteiger partial charge in [0.15, 0.2) is 0 Å². The molecule has 18 heavy (non-hydrogen) atoms. The van der Waals surface area contributed by atoms with Gasteiger partial charge >= 0.3 is 0 Å². The number of rotatable bonds is 3. The van der Waals surface area contributed by atoms with Gasteiger partial charge in [-0.1, -0.05) is 19.3 Å².